The van der Waals surface area contributed by atoms with Gasteiger partial charge in [0, 0.05) is 23.8 Å². The maximum Gasteiger partial charge on any atom is 0.120 e. The second kappa shape index (κ2) is 9.42. The molecule has 4 rings (SSSR count). The highest BCUT2D eigenvalue weighted by Gasteiger charge is 2.14. The lowest BCUT2D eigenvalue weighted by molar-refractivity contribution is 0.306. The summed E-state index contributed by atoms with van der Waals surface area (Å²) >= 11 is 0. The van der Waals surface area contributed by atoms with Gasteiger partial charge in [0.25, 0.3) is 0 Å². The number of nitrogens with zero attached hydrogens (tertiary/aromatic N) is 2. The van der Waals surface area contributed by atoms with E-state index in [4.69, 9.17) is 4.74 Å². The van der Waals surface area contributed by atoms with E-state index in [1.807, 2.05) is 59.4 Å². The van der Waals surface area contributed by atoms with Crippen LogP contribution < -0.4 is 10.1 Å². The molecule has 30 heavy (non-hydrogen) atoms. The van der Waals surface area contributed by atoms with Crippen LogP contribution in [0, 0.1) is 6.92 Å². The largest absolute Gasteiger partial charge is 0.489 e. The number of hydrogen-bond acceptors (Lipinski definition) is 3. The molecule has 0 aliphatic heterocycles. The molecule has 152 valence electrons. The van der Waals surface area contributed by atoms with Crippen molar-refractivity contribution in [1.82, 2.24) is 15.1 Å². The van der Waals surface area contributed by atoms with Crippen LogP contribution in [0.3, 0.4) is 0 Å². The molecule has 1 N–H and O–H groups in total. The molecule has 0 saturated heterocycles. The highest BCUT2D eigenvalue weighted by molar-refractivity contribution is 5.35. The Morgan fingerprint density at radius 2 is 1.60 bits per heavy atom. The Morgan fingerprint density at radius 1 is 0.900 bits per heavy atom. The number of aromatic nitrogens is 2. The van der Waals surface area contributed by atoms with Gasteiger partial charge in [-0.15, -0.1) is 0 Å². The van der Waals surface area contributed by atoms with Crippen molar-refractivity contribution in [2.24, 2.45) is 0 Å². The van der Waals surface area contributed by atoms with E-state index in [1.54, 1.807) is 0 Å². The van der Waals surface area contributed by atoms with Crippen LogP contribution in [0.1, 0.15) is 35.3 Å². The monoisotopic (exact) mass is 397 g/mol. The fraction of sp³-hybridized carbons (Fsp3) is 0.192. The average Bonchev–Trinajstić information content (AvgIpc) is 3.19. The number of ether oxygens (including phenoxy) is 1. The van der Waals surface area contributed by atoms with E-state index >= 15 is 0 Å². The Kier molecular flexibility index (Phi) is 6.26. The van der Waals surface area contributed by atoms with Gasteiger partial charge < -0.3 is 10.1 Å². The first-order valence-electron chi connectivity index (χ1n) is 10.3. The second-order valence-corrected chi connectivity index (χ2v) is 7.46. The van der Waals surface area contributed by atoms with E-state index in [0.29, 0.717) is 6.61 Å². The summed E-state index contributed by atoms with van der Waals surface area (Å²) < 4.78 is 7.95. The van der Waals surface area contributed by atoms with Gasteiger partial charge in [-0.2, -0.15) is 5.10 Å². The van der Waals surface area contributed by atoms with Crippen molar-refractivity contribution >= 4 is 0 Å². The molecule has 0 aliphatic carbocycles. The van der Waals surface area contributed by atoms with Crippen LogP contribution in [0.15, 0.2) is 91.1 Å². The Labute approximate surface area is 178 Å². The van der Waals surface area contributed by atoms with Crippen molar-refractivity contribution in [2.75, 3.05) is 0 Å². The van der Waals surface area contributed by atoms with Crippen molar-refractivity contribution in [3.05, 3.63) is 114 Å². The fourth-order valence-corrected chi connectivity index (χ4v) is 3.54. The Bertz CT molecular complexity index is 1070. The minimum Gasteiger partial charge on any atom is -0.489 e. The first-order valence-corrected chi connectivity index (χ1v) is 10.3. The van der Waals surface area contributed by atoms with E-state index in [0.717, 1.165) is 23.7 Å². The lowest BCUT2D eigenvalue weighted by Gasteiger charge is -2.15. The number of benzene rings is 3. The van der Waals surface area contributed by atoms with Crippen LogP contribution >= 0.6 is 0 Å². The zero-order valence-corrected chi connectivity index (χ0v) is 17.5. The second-order valence-electron chi connectivity index (χ2n) is 7.46. The zero-order valence-electron chi connectivity index (χ0n) is 17.5. The third-order valence-electron chi connectivity index (χ3n) is 5.27. The summed E-state index contributed by atoms with van der Waals surface area (Å²) in [6.07, 6.45) is 1.96. The summed E-state index contributed by atoms with van der Waals surface area (Å²) in [5, 5.41) is 8.20. The molecule has 4 aromatic rings. The van der Waals surface area contributed by atoms with Crippen LogP contribution in [0.25, 0.3) is 5.69 Å². The summed E-state index contributed by atoms with van der Waals surface area (Å²) in [4.78, 5) is 0. The molecular weight excluding hydrogens is 370 g/mol. The van der Waals surface area contributed by atoms with E-state index in [9.17, 15) is 0 Å². The molecule has 1 atom stereocenters. The quantitative estimate of drug-likeness (QED) is 0.420. The first-order chi connectivity index (χ1) is 14.7. The molecule has 0 fully saturated rings. The topological polar surface area (TPSA) is 39.1 Å². The van der Waals surface area contributed by atoms with Crippen molar-refractivity contribution < 1.29 is 4.74 Å². The minimum absolute atomic E-state index is 0.191. The first kappa shape index (κ1) is 19.9. The minimum atomic E-state index is 0.191. The zero-order chi connectivity index (χ0) is 20.8. The van der Waals surface area contributed by atoms with Gasteiger partial charge in [0.15, 0.2) is 0 Å². The van der Waals surface area contributed by atoms with Gasteiger partial charge in [0.2, 0.25) is 0 Å². The molecule has 1 unspecified atom stereocenters. The Morgan fingerprint density at radius 3 is 2.37 bits per heavy atom. The third kappa shape index (κ3) is 4.78. The summed E-state index contributed by atoms with van der Waals surface area (Å²) in [5.74, 6) is 0.888. The molecule has 1 heterocycles. The highest BCUT2D eigenvalue weighted by Crippen LogP contribution is 2.21. The molecular formula is C26H27N3O. The molecule has 0 aliphatic rings. The lowest BCUT2D eigenvalue weighted by Crippen LogP contribution is -2.18. The number of rotatable bonds is 8. The van der Waals surface area contributed by atoms with E-state index < -0.39 is 0 Å². The molecule has 4 heteroatoms. The van der Waals surface area contributed by atoms with Crippen molar-refractivity contribution in [2.45, 2.75) is 33.0 Å². The summed E-state index contributed by atoms with van der Waals surface area (Å²) in [6, 6.07) is 28.9. The predicted octanol–water partition coefficient (Wildman–Crippen LogP) is 5.61. The average molecular weight is 398 g/mol. The molecule has 3 aromatic carbocycles. The third-order valence-corrected chi connectivity index (χ3v) is 5.27. The number of para-hydroxylation sites is 1. The van der Waals surface area contributed by atoms with Crippen molar-refractivity contribution in [3.8, 4) is 11.4 Å². The van der Waals surface area contributed by atoms with Gasteiger partial charge in [-0.3, -0.25) is 0 Å². The molecule has 0 amide bonds. The highest BCUT2D eigenvalue weighted by atomic mass is 16.5. The van der Waals surface area contributed by atoms with E-state index in [-0.39, 0.29) is 6.04 Å². The van der Waals surface area contributed by atoms with E-state index in [1.165, 1.54) is 16.7 Å². The molecule has 0 saturated carbocycles. The summed E-state index contributed by atoms with van der Waals surface area (Å²) in [5.41, 5.74) is 5.80. The van der Waals surface area contributed by atoms with Crippen LogP contribution in [0.2, 0.25) is 0 Å². The maximum atomic E-state index is 5.95. The fourth-order valence-electron chi connectivity index (χ4n) is 3.54. The van der Waals surface area contributed by atoms with Crippen LogP contribution in [0.4, 0.5) is 0 Å². The molecule has 4 nitrogen and oxygen atoms in total. The van der Waals surface area contributed by atoms with Crippen molar-refractivity contribution in [1.29, 1.82) is 0 Å². The Balaban J connectivity index is 1.37. The van der Waals surface area contributed by atoms with Gasteiger partial charge in [-0.1, -0.05) is 60.7 Å². The molecule has 1 aromatic heterocycles. The normalized spacial score (nSPS) is 11.9. The molecule has 0 spiro atoms. The smallest absolute Gasteiger partial charge is 0.120 e. The van der Waals surface area contributed by atoms with Gasteiger partial charge in [-0.05, 0) is 49.2 Å². The number of nitrogens with one attached hydrogen (secondary N) is 1. The van der Waals surface area contributed by atoms with E-state index in [2.05, 4.69) is 60.7 Å². The standard InChI is InChI=1S/C26H27N3O/c1-20(26-18-28-29(21(26)2)24-13-7-4-8-14-24)27-17-23-12-9-15-25(16-23)30-19-22-10-5-3-6-11-22/h3-16,18,20,27H,17,19H2,1-2H3. The maximum absolute atomic E-state index is 5.95. The lowest BCUT2D eigenvalue weighted by atomic mass is 10.1. The van der Waals surface area contributed by atoms with Gasteiger partial charge in [0.05, 0.1) is 11.9 Å². The van der Waals surface area contributed by atoms with Crippen LogP contribution in [0.5, 0.6) is 5.75 Å². The number of hydrogen-bond donors (Lipinski definition) is 1. The van der Waals surface area contributed by atoms with Crippen LogP contribution in [-0.4, -0.2) is 9.78 Å². The summed E-state index contributed by atoms with van der Waals surface area (Å²) in [7, 11) is 0. The van der Waals surface area contributed by atoms with Gasteiger partial charge in [-0.25, -0.2) is 4.68 Å². The molecule has 0 bridgehead atoms. The van der Waals surface area contributed by atoms with Gasteiger partial charge in [0.1, 0.15) is 12.4 Å². The van der Waals surface area contributed by atoms with Crippen molar-refractivity contribution in [3.63, 3.8) is 0 Å². The Hall–Kier alpha value is -3.37. The summed E-state index contributed by atoms with van der Waals surface area (Å²) in [6.45, 7) is 5.63. The SMILES string of the molecule is Cc1c(C(C)NCc2cccc(OCc3ccccc3)c2)cnn1-c1ccccc1. The molecule has 0 radical (unpaired) electrons. The van der Waals surface area contributed by atoms with Gasteiger partial charge >= 0.3 is 0 Å². The predicted molar refractivity (Wildman–Crippen MR) is 121 cm³/mol. The van der Waals surface area contributed by atoms with Crippen LogP contribution in [-0.2, 0) is 13.2 Å².